The minimum absolute atomic E-state index is 0.231. The van der Waals surface area contributed by atoms with Gasteiger partial charge >= 0.3 is 0 Å². The molecule has 1 rings (SSSR count). The minimum Gasteiger partial charge on any atom is -0.369 e. The molecule has 13 heavy (non-hydrogen) atoms. The summed E-state index contributed by atoms with van der Waals surface area (Å²) in [6.07, 6.45) is 2.71. The predicted octanol–water partition coefficient (Wildman–Crippen LogP) is 1.99. The quantitative estimate of drug-likeness (QED) is 0.851. The van der Waals surface area contributed by atoms with Gasteiger partial charge in [0.15, 0.2) is 0 Å². The van der Waals surface area contributed by atoms with Crippen molar-refractivity contribution in [2.45, 2.75) is 19.4 Å². The van der Waals surface area contributed by atoms with Crippen LogP contribution in [0.15, 0.2) is 22.8 Å². The average Bonchev–Trinajstić information content (AvgIpc) is 2.08. The molecule has 1 heterocycles. The molecule has 0 aliphatic heterocycles. The highest BCUT2D eigenvalue weighted by atomic mass is 79.9. The molecule has 0 aromatic carbocycles. The Labute approximate surface area is 86.9 Å². The lowest BCUT2D eigenvalue weighted by atomic mass is 10.2. The molecule has 1 atom stereocenters. The monoisotopic (exact) mass is 243 g/mol. The van der Waals surface area contributed by atoms with Crippen LogP contribution in [-0.2, 0) is 0 Å². The first-order valence-electron chi connectivity index (χ1n) is 4.30. The van der Waals surface area contributed by atoms with Gasteiger partial charge in [0.05, 0.1) is 4.47 Å². The molecule has 0 fully saturated rings. The van der Waals surface area contributed by atoms with E-state index in [4.69, 9.17) is 5.73 Å². The van der Waals surface area contributed by atoms with Crippen LogP contribution in [0.5, 0.6) is 0 Å². The van der Waals surface area contributed by atoms with E-state index in [-0.39, 0.29) is 6.04 Å². The van der Waals surface area contributed by atoms with Crippen molar-refractivity contribution < 1.29 is 0 Å². The van der Waals surface area contributed by atoms with Gasteiger partial charge in [-0.1, -0.05) is 0 Å². The van der Waals surface area contributed by atoms with Gasteiger partial charge < -0.3 is 11.1 Å². The Bertz CT molecular complexity index is 263. The van der Waals surface area contributed by atoms with E-state index in [0.29, 0.717) is 0 Å². The fraction of sp³-hybridized carbons (Fsp3) is 0.444. The van der Waals surface area contributed by atoms with Gasteiger partial charge in [-0.2, -0.15) is 0 Å². The summed E-state index contributed by atoms with van der Waals surface area (Å²) in [6.45, 7) is 2.85. The number of rotatable bonds is 4. The summed E-state index contributed by atoms with van der Waals surface area (Å²) in [6, 6.07) is 4.08. The summed E-state index contributed by atoms with van der Waals surface area (Å²) in [5.74, 6) is 0.878. The molecule has 0 aliphatic rings. The van der Waals surface area contributed by atoms with Crippen LogP contribution in [0.25, 0.3) is 0 Å². The van der Waals surface area contributed by atoms with Gasteiger partial charge in [0.2, 0.25) is 0 Å². The molecule has 3 N–H and O–H groups in total. The lowest BCUT2D eigenvalue weighted by Gasteiger charge is -2.08. The number of halogens is 1. The Morgan fingerprint density at radius 2 is 2.46 bits per heavy atom. The molecule has 1 unspecified atom stereocenters. The number of hydrogen-bond donors (Lipinski definition) is 2. The molecular weight excluding hydrogens is 230 g/mol. The van der Waals surface area contributed by atoms with Crippen molar-refractivity contribution >= 4 is 21.7 Å². The van der Waals surface area contributed by atoms with Gasteiger partial charge in [0.25, 0.3) is 0 Å². The molecule has 0 saturated heterocycles. The van der Waals surface area contributed by atoms with Crippen LogP contribution in [0.3, 0.4) is 0 Å². The van der Waals surface area contributed by atoms with Crippen molar-refractivity contribution in [2.24, 2.45) is 5.73 Å². The maximum atomic E-state index is 5.62. The molecule has 3 nitrogen and oxygen atoms in total. The van der Waals surface area contributed by atoms with E-state index in [9.17, 15) is 0 Å². The largest absolute Gasteiger partial charge is 0.369 e. The molecule has 0 saturated carbocycles. The van der Waals surface area contributed by atoms with E-state index in [1.54, 1.807) is 6.20 Å². The number of nitrogens with one attached hydrogen (secondary N) is 1. The highest BCUT2D eigenvalue weighted by Gasteiger charge is 1.99. The zero-order chi connectivity index (χ0) is 9.68. The smallest absolute Gasteiger partial charge is 0.140 e. The van der Waals surface area contributed by atoms with Crippen LogP contribution in [0.1, 0.15) is 13.3 Å². The molecular formula is C9H14BrN3. The number of hydrogen-bond acceptors (Lipinski definition) is 3. The number of nitrogens with zero attached hydrogens (tertiary/aromatic N) is 1. The Morgan fingerprint density at radius 1 is 1.69 bits per heavy atom. The van der Waals surface area contributed by atoms with Crippen molar-refractivity contribution in [2.75, 3.05) is 11.9 Å². The third-order valence-electron chi connectivity index (χ3n) is 1.65. The molecule has 0 radical (unpaired) electrons. The van der Waals surface area contributed by atoms with Crippen LogP contribution in [0.4, 0.5) is 5.82 Å². The van der Waals surface area contributed by atoms with Crippen molar-refractivity contribution in [1.29, 1.82) is 0 Å². The van der Waals surface area contributed by atoms with Gasteiger partial charge in [-0.05, 0) is 41.4 Å². The third kappa shape index (κ3) is 3.74. The first kappa shape index (κ1) is 10.5. The van der Waals surface area contributed by atoms with Crippen LogP contribution in [0, 0.1) is 0 Å². The van der Waals surface area contributed by atoms with Gasteiger partial charge in [-0.15, -0.1) is 0 Å². The maximum Gasteiger partial charge on any atom is 0.140 e. The fourth-order valence-corrected chi connectivity index (χ4v) is 1.33. The van der Waals surface area contributed by atoms with Crippen molar-refractivity contribution in [1.82, 2.24) is 4.98 Å². The predicted molar refractivity (Wildman–Crippen MR) is 58.7 cm³/mol. The van der Waals surface area contributed by atoms with E-state index >= 15 is 0 Å². The summed E-state index contributed by atoms with van der Waals surface area (Å²) >= 11 is 3.41. The first-order chi connectivity index (χ1) is 6.20. The number of pyridine rings is 1. The molecule has 0 aliphatic carbocycles. The van der Waals surface area contributed by atoms with E-state index in [0.717, 1.165) is 23.3 Å². The van der Waals surface area contributed by atoms with Crippen LogP contribution < -0.4 is 11.1 Å². The van der Waals surface area contributed by atoms with Gasteiger partial charge in [0, 0.05) is 18.8 Å². The molecule has 0 bridgehead atoms. The fourth-order valence-electron chi connectivity index (χ4n) is 0.934. The van der Waals surface area contributed by atoms with Crippen molar-refractivity contribution in [3.63, 3.8) is 0 Å². The van der Waals surface area contributed by atoms with Gasteiger partial charge in [-0.25, -0.2) is 4.98 Å². The zero-order valence-electron chi connectivity index (χ0n) is 7.63. The molecule has 0 amide bonds. The van der Waals surface area contributed by atoms with Crippen LogP contribution >= 0.6 is 15.9 Å². The highest BCUT2D eigenvalue weighted by molar-refractivity contribution is 9.10. The maximum absolute atomic E-state index is 5.62. The Kier molecular flexibility index (Phi) is 4.18. The number of nitrogens with two attached hydrogens (primary N) is 1. The number of aromatic nitrogens is 1. The third-order valence-corrected chi connectivity index (χ3v) is 2.29. The summed E-state index contributed by atoms with van der Waals surface area (Å²) < 4.78 is 0.986. The van der Waals surface area contributed by atoms with Crippen molar-refractivity contribution in [3.05, 3.63) is 22.8 Å². The molecule has 0 spiro atoms. The molecule has 4 heteroatoms. The first-order valence-corrected chi connectivity index (χ1v) is 5.09. The van der Waals surface area contributed by atoms with E-state index in [1.165, 1.54) is 0 Å². The Morgan fingerprint density at radius 3 is 3.08 bits per heavy atom. The average molecular weight is 244 g/mol. The lowest BCUT2D eigenvalue weighted by Crippen LogP contribution is -2.19. The molecule has 1 aromatic heterocycles. The molecule has 1 aromatic rings. The van der Waals surface area contributed by atoms with E-state index in [1.807, 2.05) is 19.1 Å². The zero-order valence-corrected chi connectivity index (χ0v) is 9.21. The van der Waals surface area contributed by atoms with Crippen LogP contribution in [0.2, 0.25) is 0 Å². The second-order valence-corrected chi connectivity index (χ2v) is 3.88. The summed E-state index contributed by atoms with van der Waals surface area (Å²) in [4.78, 5) is 4.18. The second-order valence-electron chi connectivity index (χ2n) is 3.03. The topological polar surface area (TPSA) is 50.9 Å². The normalized spacial score (nSPS) is 12.5. The summed E-state index contributed by atoms with van der Waals surface area (Å²) in [5.41, 5.74) is 5.62. The number of anilines is 1. The Hall–Kier alpha value is -0.610. The molecule has 72 valence electrons. The van der Waals surface area contributed by atoms with Gasteiger partial charge in [-0.3, -0.25) is 0 Å². The summed E-state index contributed by atoms with van der Waals surface area (Å²) in [7, 11) is 0. The Balaban J connectivity index is 2.41. The minimum atomic E-state index is 0.231. The van der Waals surface area contributed by atoms with Crippen LogP contribution in [-0.4, -0.2) is 17.6 Å². The van der Waals surface area contributed by atoms with Gasteiger partial charge in [0.1, 0.15) is 5.82 Å². The highest BCUT2D eigenvalue weighted by Crippen LogP contribution is 2.17. The standard InChI is InChI=1S/C9H14BrN3/c1-7(11)4-6-13-9-8(10)3-2-5-12-9/h2-3,5,7H,4,6,11H2,1H3,(H,12,13). The van der Waals surface area contributed by atoms with E-state index in [2.05, 4.69) is 26.2 Å². The van der Waals surface area contributed by atoms with E-state index < -0.39 is 0 Å². The lowest BCUT2D eigenvalue weighted by molar-refractivity contribution is 0.689. The summed E-state index contributed by atoms with van der Waals surface area (Å²) in [5, 5.41) is 3.21. The SMILES string of the molecule is CC(N)CCNc1ncccc1Br. The second kappa shape index (κ2) is 5.19. The van der Waals surface area contributed by atoms with Crippen molar-refractivity contribution in [3.8, 4) is 0 Å².